The van der Waals surface area contributed by atoms with Crippen molar-refractivity contribution < 1.29 is 4.74 Å². The van der Waals surface area contributed by atoms with E-state index in [4.69, 9.17) is 22.1 Å². The Bertz CT molecular complexity index is 321. The molecule has 0 bridgehead atoms. The molecule has 0 aromatic heterocycles. The molecule has 2 N–H and O–H groups in total. The van der Waals surface area contributed by atoms with Gasteiger partial charge in [0.1, 0.15) is 5.75 Å². The maximum Gasteiger partial charge on any atom is 0.121 e. The van der Waals surface area contributed by atoms with Crippen molar-refractivity contribution >= 4 is 11.6 Å². The molecule has 1 aliphatic rings. The highest BCUT2D eigenvalue weighted by Gasteiger charge is 2.19. The van der Waals surface area contributed by atoms with E-state index in [1.54, 1.807) is 0 Å². The van der Waals surface area contributed by atoms with Crippen molar-refractivity contribution in [3.05, 3.63) is 29.3 Å². The van der Waals surface area contributed by atoms with E-state index in [2.05, 4.69) is 0 Å². The fraction of sp³-hybridized carbons (Fsp3) is 0.500. The minimum atomic E-state index is 0.309. The molecule has 2 rings (SSSR count). The predicted octanol–water partition coefficient (Wildman–Crippen LogP) is 2.99. The third-order valence-electron chi connectivity index (χ3n) is 2.82. The zero-order valence-corrected chi connectivity index (χ0v) is 9.41. The third-order valence-corrected chi connectivity index (χ3v) is 3.05. The van der Waals surface area contributed by atoms with Gasteiger partial charge in [-0.05, 0) is 43.9 Å². The number of hydrogen-bond donors (Lipinski definition) is 1. The molecule has 0 unspecified atom stereocenters. The number of hydrogen-bond acceptors (Lipinski definition) is 2. The van der Waals surface area contributed by atoms with Crippen LogP contribution in [0, 0.1) is 0 Å². The highest BCUT2D eigenvalue weighted by molar-refractivity contribution is 6.30. The van der Waals surface area contributed by atoms with Gasteiger partial charge in [-0.25, -0.2) is 0 Å². The lowest BCUT2D eigenvalue weighted by atomic mass is 9.94. The van der Waals surface area contributed by atoms with Crippen LogP contribution in [0.5, 0.6) is 5.75 Å². The van der Waals surface area contributed by atoms with E-state index >= 15 is 0 Å². The Morgan fingerprint density at radius 2 is 1.93 bits per heavy atom. The summed E-state index contributed by atoms with van der Waals surface area (Å²) in [6.07, 6.45) is 4.53. The van der Waals surface area contributed by atoms with Crippen LogP contribution in [0.25, 0.3) is 0 Å². The van der Waals surface area contributed by atoms with E-state index in [9.17, 15) is 0 Å². The SMILES string of the molecule is N[C@H]1CC[C@H](Oc2cccc(Cl)c2)CC1. The maximum absolute atomic E-state index is 5.89. The number of benzene rings is 1. The number of ether oxygens (including phenoxy) is 1. The van der Waals surface area contributed by atoms with Crippen LogP contribution in [0.1, 0.15) is 25.7 Å². The van der Waals surface area contributed by atoms with Crippen molar-refractivity contribution in [1.82, 2.24) is 0 Å². The Balaban J connectivity index is 1.92. The number of nitrogens with two attached hydrogens (primary N) is 1. The molecule has 1 aliphatic carbocycles. The lowest BCUT2D eigenvalue weighted by Gasteiger charge is -2.26. The van der Waals surface area contributed by atoms with Gasteiger partial charge in [0.15, 0.2) is 0 Å². The minimum absolute atomic E-state index is 0.309. The van der Waals surface area contributed by atoms with Crippen LogP contribution in [-0.2, 0) is 0 Å². The molecule has 0 atom stereocenters. The van der Waals surface area contributed by atoms with Gasteiger partial charge in [-0.1, -0.05) is 17.7 Å². The van der Waals surface area contributed by atoms with Crippen molar-refractivity contribution in [2.45, 2.75) is 37.8 Å². The summed E-state index contributed by atoms with van der Waals surface area (Å²) < 4.78 is 5.84. The fourth-order valence-electron chi connectivity index (χ4n) is 1.94. The van der Waals surface area contributed by atoms with Crippen molar-refractivity contribution in [3.63, 3.8) is 0 Å². The summed E-state index contributed by atoms with van der Waals surface area (Å²) in [4.78, 5) is 0. The summed E-state index contributed by atoms with van der Waals surface area (Å²) in [5.74, 6) is 0.864. The van der Waals surface area contributed by atoms with Gasteiger partial charge in [0.25, 0.3) is 0 Å². The van der Waals surface area contributed by atoms with Crippen molar-refractivity contribution in [3.8, 4) is 5.75 Å². The normalized spacial score (nSPS) is 26.3. The van der Waals surface area contributed by atoms with E-state index in [0.29, 0.717) is 12.1 Å². The third kappa shape index (κ3) is 3.11. The van der Waals surface area contributed by atoms with E-state index < -0.39 is 0 Å². The zero-order chi connectivity index (χ0) is 10.7. The smallest absolute Gasteiger partial charge is 0.121 e. The largest absolute Gasteiger partial charge is 0.490 e. The maximum atomic E-state index is 5.89. The average molecular weight is 226 g/mol. The average Bonchev–Trinajstić information content (AvgIpc) is 2.22. The van der Waals surface area contributed by atoms with Crippen LogP contribution in [-0.4, -0.2) is 12.1 Å². The zero-order valence-electron chi connectivity index (χ0n) is 8.66. The molecular formula is C12H16ClNO. The van der Waals surface area contributed by atoms with Gasteiger partial charge in [-0.3, -0.25) is 0 Å². The lowest BCUT2D eigenvalue weighted by molar-refractivity contribution is 0.147. The second-order valence-electron chi connectivity index (χ2n) is 4.11. The first-order valence-corrected chi connectivity index (χ1v) is 5.79. The van der Waals surface area contributed by atoms with Crippen molar-refractivity contribution in [1.29, 1.82) is 0 Å². The summed E-state index contributed by atoms with van der Waals surface area (Å²) in [6.45, 7) is 0. The fourth-order valence-corrected chi connectivity index (χ4v) is 2.12. The molecule has 0 heterocycles. The molecule has 0 aliphatic heterocycles. The van der Waals surface area contributed by atoms with Crippen molar-refractivity contribution in [2.24, 2.45) is 5.73 Å². The first-order valence-electron chi connectivity index (χ1n) is 5.42. The van der Waals surface area contributed by atoms with Crippen molar-refractivity contribution in [2.75, 3.05) is 0 Å². The van der Waals surface area contributed by atoms with Gasteiger partial charge in [0.2, 0.25) is 0 Å². The second-order valence-corrected chi connectivity index (χ2v) is 4.55. The Labute approximate surface area is 95.4 Å². The first-order chi connectivity index (χ1) is 7.24. The second kappa shape index (κ2) is 4.86. The molecule has 1 aromatic carbocycles. The summed E-state index contributed by atoms with van der Waals surface area (Å²) in [6, 6.07) is 7.93. The summed E-state index contributed by atoms with van der Waals surface area (Å²) in [7, 11) is 0. The highest BCUT2D eigenvalue weighted by Crippen LogP contribution is 2.24. The molecule has 2 nitrogen and oxygen atoms in total. The summed E-state index contributed by atoms with van der Waals surface area (Å²) >= 11 is 5.89. The molecule has 1 aromatic rings. The molecular weight excluding hydrogens is 210 g/mol. The Morgan fingerprint density at radius 3 is 2.60 bits per heavy atom. The lowest BCUT2D eigenvalue weighted by Crippen LogP contribution is -2.31. The quantitative estimate of drug-likeness (QED) is 0.840. The number of rotatable bonds is 2. The molecule has 0 amide bonds. The molecule has 0 spiro atoms. The first kappa shape index (κ1) is 10.8. The monoisotopic (exact) mass is 225 g/mol. The topological polar surface area (TPSA) is 35.2 Å². The molecule has 3 heteroatoms. The standard InChI is InChI=1S/C12H16ClNO/c13-9-2-1-3-12(8-9)15-11-6-4-10(14)5-7-11/h1-3,8,10-11H,4-7,14H2/t10-,11-. The van der Waals surface area contributed by atoms with Crippen LogP contribution < -0.4 is 10.5 Å². The molecule has 1 fully saturated rings. The van der Waals surface area contributed by atoms with E-state index in [1.165, 1.54) is 0 Å². The highest BCUT2D eigenvalue weighted by atomic mass is 35.5. The number of halogens is 1. The van der Waals surface area contributed by atoms with E-state index in [1.807, 2.05) is 24.3 Å². The van der Waals surface area contributed by atoms with Crippen LogP contribution in [0.4, 0.5) is 0 Å². The van der Waals surface area contributed by atoms with Gasteiger partial charge in [-0.15, -0.1) is 0 Å². The Kier molecular flexibility index (Phi) is 3.49. The Morgan fingerprint density at radius 1 is 1.20 bits per heavy atom. The predicted molar refractivity (Wildman–Crippen MR) is 62.3 cm³/mol. The van der Waals surface area contributed by atoms with E-state index in [-0.39, 0.29) is 0 Å². The molecule has 1 saturated carbocycles. The van der Waals surface area contributed by atoms with Crippen LogP contribution in [0.3, 0.4) is 0 Å². The summed E-state index contributed by atoms with van der Waals surface area (Å²) in [5.41, 5.74) is 5.84. The molecule has 0 radical (unpaired) electrons. The van der Waals surface area contributed by atoms with Gasteiger partial charge >= 0.3 is 0 Å². The molecule has 15 heavy (non-hydrogen) atoms. The minimum Gasteiger partial charge on any atom is -0.490 e. The van der Waals surface area contributed by atoms with Crippen LogP contribution >= 0.6 is 11.6 Å². The Hall–Kier alpha value is -0.730. The van der Waals surface area contributed by atoms with Crippen LogP contribution in [0.15, 0.2) is 24.3 Å². The van der Waals surface area contributed by atoms with Gasteiger partial charge in [-0.2, -0.15) is 0 Å². The molecule has 82 valence electrons. The van der Waals surface area contributed by atoms with Crippen LogP contribution in [0.2, 0.25) is 5.02 Å². The molecule has 0 saturated heterocycles. The van der Waals surface area contributed by atoms with Gasteiger partial charge in [0.05, 0.1) is 6.10 Å². The summed E-state index contributed by atoms with van der Waals surface area (Å²) in [5, 5.41) is 0.722. The van der Waals surface area contributed by atoms with Gasteiger partial charge < -0.3 is 10.5 Å². The van der Waals surface area contributed by atoms with Gasteiger partial charge in [0, 0.05) is 11.1 Å². The van der Waals surface area contributed by atoms with E-state index in [0.717, 1.165) is 36.5 Å².